The molecule has 1 aliphatic rings. The summed E-state index contributed by atoms with van der Waals surface area (Å²) in [6.07, 6.45) is 3.41. The molecule has 0 atom stereocenters. The lowest BCUT2D eigenvalue weighted by Crippen LogP contribution is -2.20. The number of aryl methyl sites for hydroxylation is 1. The van der Waals surface area contributed by atoms with E-state index in [0.29, 0.717) is 0 Å². The van der Waals surface area contributed by atoms with Gasteiger partial charge in [0.25, 0.3) is 0 Å². The first-order chi connectivity index (χ1) is 10.8. The summed E-state index contributed by atoms with van der Waals surface area (Å²) in [5, 5.41) is 3.38. The highest BCUT2D eigenvalue weighted by atomic mass is 32.2. The van der Waals surface area contributed by atoms with Crippen molar-refractivity contribution in [3.05, 3.63) is 59.7 Å². The second kappa shape index (κ2) is 7.03. The van der Waals surface area contributed by atoms with Gasteiger partial charge in [-0.3, -0.25) is 0 Å². The van der Waals surface area contributed by atoms with E-state index < -0.39 is 0 Å². The predicted molar refractivity (Wildman–Crippen MR) is 93.8 cm³/mol. The third-order valence-corrected chi connectivity index (χ3v) is 4.88. The standard InChI is InChI=1S/C19H21NOS/c1-14-6-7-19(18(12-14)15-8-10-20-11-9-15)22-17-5-3-4-16(13-17)21-2/h3-8,12-13,20H,9-11H2,1-2H3. The van der Waals surface area contributed by atoms with Crippen molar-refractivity contribution >= 4 is 17.3 Å². The molecule has 3 heteroatoms. The first-order valence-corrected chi connectivity index (χ1v) is 8.40. The predicted octanol–water partition coefficient (Wildman–Crippen LogP) is 4.53. The van der Waals surface area contributed by atoms with Crippen molar-refractivity contribution in [1.29, 1.82) is 0 Å². The Labute approximate surface area is 136 Å². The van der Waals surface area contributed by atoms with Crippen LogP contribution >= 0.6 is 11.8 Å². The van der Waals surface area contributed by atoms with Crippen LogP contribution in [0.15, 0.2) is 58.3 Å². The minimum Gasteiger partial charge on any atom is -0.497 e. The van der Waals surface area contributed by atoms with Gasteiger partial charge in [-0.2, -0.15) is 0 Å². The Morgan fingerprint density at radius 1 is 1.14 bits per heavy atom. The highest BCUT2D eigenvalue weighted by Gasteiger charge is 2.12. The fourth-order valence-corrected chi connectivity index (χ4v) is 3.65. The van der Waals surface area contributed by atoms with Gasteiger partial charge in [-0.25, -0.2) is 0 Å². The third-order valence-electron chi connectivity index (χ3n) is 3.81. The molecule has 0 saturated heterocycles. The normalized spacial score (nSPS) is 14.5. The first-order valence-electron chi connectivity index (χ1n) is 7.59. The van der Waals surface area contributed by atoms with E-state index in [4.69, 9.17) is 4.74 Å². The molecule has 1 N–H and O–H groups in total. The second-order valence-corrected chi connectivity index (χ2v) is 6.58. The number of rotatable bonds is 4. The molecule has 0 unspecified atom stereocenters. The van der Waals surface area contributed by atoms with Gasteiger partial charge in [0.15, 0.2) is 0 Å². The van der Waals surface area contributed by atoms with Gasteiger partial charge in [-0.1, -0.05) is 41.6 Å². The van der Waals surface area contributed by atoms with E-state index in [9.17, 15) is 0 Å². The number of methoxy groups -OCH3 is 1. The zero-order chi connectivity index (χ0) is 15.4. The summed E-state index contributed by atoms with van der Waals surface area (Å²) in [4.78, 5) is 2.52. The molecule has 2 nitrogen and oxygen atoms in total. The van der Waals surface area contributed by atoms with Crippen molar-refractivity contribution in [3.63, 3.8) is 0 Å². The highest BCUT2D eigenvalue weighted by molar-refractivity contribution is 7.99. The summed E-state index contributed by atoms with van der Waals surface area (Å²) < 4.78 is 5.33. The lowest BCUT2D eigenvalue weighted by atomic mass is 9.99. The Morgan fingerprint density at radius 2 is 2.05 bits per heavy atom. The average molecular weight is 311 g/mol. The van der Waals surface area contributed by atoms with Crippen LogP contribution in [-0.2, 0) is 0 Å². The van der Waals surface area contributed by atoms with E-state index in [1.54, 1.807) is 18.9 Å². The maximum atomic E-state index is 5.33. The number of ether oxygens (including phenoxy) is 1. The van der Waals surface area contributed by atoms with Gasteiger partial charge in [0.05, 0.1) is 7.11 Å². The Bertz CT molecular complexity index is 694. The van der Waals surface area contributed by atoms with E-state index in [1.807, 2.05) is 12.1 Å². The van der Waals surface area contributed by atoms with E-state index >= 15 is 0 Å². The van der Waals surface area contributed by atoms with Crippen LogP contribution in [0.3, 0.4) is 0 Å². The largest absolute Gasteiger partial charge is 0.497 e. The van der Waals surface area contributed by atoms with Crippen molar-refractivity contribution in [2.24, 2.45) is 0 Å². The van der Waals surface area contributed by atoms with Crippen LogP contribution < -0.4 is 10.1 Å². The molecule has 0 aromatic heterocycles. The van der Waals surface area contributed by atoms with E-state index in [0.717, 1.165) is 25.3 Å². The second-order valence-electron chi connectivity index (χ2n) is 5.46. The summed E-state index contributed by atoms with van der Waals surface area (Å²) in [7, 11) is 1.71. The fraction of sp³-hybridized carbons (Fsp3) is 0.263. The maximum Gasteiger partial charge on any atom is 0.119 e. The summed E-state index contributed by atoms with van der Waals surface area (Å²) >= 11 is 1.80. The van der Waals surface area contributed by atoms with Gasteiger partial charge >= 0.3 is 0 Å². The minimum atomic E-state index is 0.903. The number of nitrogens with one attached hydrogen (secondary N) is 1. The first kappa shape index (κ1) is 15.2. The smallest absolute Gasteiger partial charge is 0.119 e. The summed E-state index contributed by atoms with van der Waals surface area (Å²) in [6, 6.07) is 15.0. The molecule has 1 aliphatic heterocycles. The molecule has 0 aliphatic carbocycles. The molecule has 0 fully saturated rings. The topological polar surface area (TPSA) is 21.3 Å². The van der Waals surface area contributed by atoms with E-state index in [1.165, 1.54) is 26.5 Å². The molecule has 0 amide bonds. The molecule has 3 rings (SSSR count). The van der Waals surface area contributed by atoms with Gasteiger partial charge in [0.1, 0.15) is 5.75 Å². The highest BCUT2D eigenvalue weighted by Crippen LogP contribution is 2.36. The van der Waals surface area contributed by atoms with Gasteiger partial charge in [-0.15, -0.1) is 0 Å². The number of hydrogen-bond donors (Lipinski definition) is 1. The van der Waals surface area contributed by atoms with Crippen LogP contribution in [0.5, 0.6) is 5.75 Å². The summed E-state index contributed by atoms with van der Waals surface area (Å²) in [6.45, 7) is 4.18. The number of benzene rings is 2. The molecule has 2 aromatic rings. The zero-order valence-corrected chi connectivity index (χ0v) is 13.9. The lowest BCUT2D eigenvalue weighted by Gasteiger charge is -2.18. The van der Waals surface area contributed by atoms with Crippen LogP contribution in [0.1, 0.15) is 17.5 Å². The molecule has 0 saturated carbocycles. The molecular formula is C19H21NOS. The van der Waals surface area contributed by atoms with Crippen LogP contribution in [0, 0.1) is 6.92 Å². The quantitative estimate of drug-likeness (QED) is 0.896. The summed E-state index contributed by atoms with van der Waals surface area (Å²) in [5.41, 5.74) is 4.13. The molecule has 0 radical (unpaired) electrons. The van der Waals surface area contributed by atoms with Crippen molar-refractivity contribution in [2.75, 3.05) is 20.2 Å². The van der Waals surface area contributed by atoms with Crippen molar-refractivity contribution in [2.45, 2.75) is 23.1 Å². The van der Waals surface area contributed by atoms with E-state index in [2.05, 4.69) is 48.6 Å². The monoisotopic (exact) mass is 311 g/mol. The van der Waals surface area contributed by atoms with Gasteiger partial charge in [-0.05, 0) is 55.3 Å². The average Bonchev–Trinajstić information content (AvgIpc) is 2.57. The number of hydrogen-bond acceptors (Lipinski definition) is 3. The molecule has 0 bridgehead atoms. The van der Waals surface area contributed by atoms with Crippen molar-refractivity contribution in [3.8, 4) is 5.75 Å². The molecule has 2 aromatic carbocycles. The molecule has 22 heavy (non-hydrogen) atoms. The van der Waals surface area contributed by atoms with Crippen molar-refractivity contribution < 1.29 is 4.74 Å². The minimum absolute atomic E-state index is 0.903. The van der Waals surface area contributed by atoms with Gasteiger partial charge in [0, 0.05) is 16.3 Å². The van der Waals surface area contributed by atoms with Gasteiger partial charge in [0.2, 0.25) is 0 Å². The fourth-order valence-electron chi connectivity index (χ4n) is 2.64. The van der Waals surface area contributed by atoms with Gasteiger partial charge < -0.3 is 10.1 Å². The lowest BCUT2D eigenvalue weighted by molar-refractivity contribution is 0.413. The SMILES string of the molecule is COc1cccc(Sc2ccc(C)cc2C2=CCNCC2)c1. The Kier molecular flexibility index (Phi) is 4.86. The Balaban J connectivity index is 1.94. The zero-order valence-electron chi connectivity index (χ0n) is 13.1. The van der Waals surface area contributed by atoms with Crippen LogP contribution in [0.4, 0.5) is 0 Å². The molecule has 114 valence electrons. The third kappa shape index (κ3) is 3.54. The van der Waals surface area contributed by atoms with Crippen molar-refractivity contribution in [1.82, 2.24) is 5.32 Å². The molecule has 1 heterocycles. The maximum absolute atomic E-state index is 5.33. The van der Waals surface area contributed by atoms with E-state index in [-0.39, 0.29) is 0 Å². The van der Waals surface area contributed by atoms with Crippen LogP contribution in [0.25, 0.3) is 5.57 Å². The Morgan fingerprint density at radius 3 is 2.82 bits per heavy atom. The summed E-state index contributed by atoms with van der Waals surface area (Å²) in [5.74, 6) is 0.903. The van der Waals surface area contributed by atoms with Crippen LogP contribution in [-0.4, -0.2) is 20.2 Å². The molecule has 0 spiro atoms. The van der Waals surface area contributed by atoms with Crippen LogP contribution in [0.2, 0.25) is 0 Å². The Hall–Kier alpha value is -1.71. The molecular weight excluding hydrogens is 290 g/mol.